The highest BCUT2D eigenvalue weighted by Gasteiger charge is 2.30. The molecule has 0 radical (unpaired) electrons. The van der Waals surface area contributed by atoms with E-state index in [1.807, 2.05) is 26.0 Å². The Morgan fingerprint density at radius 2 is 1.83 bits per heavy atom. The van der Waals surface area contributed by atoms with E-state index in [2.05, 4.69) is 10.1 Å². The zero-order valence-electron chi connectivity index (χ0n) is 19.7. The van der Waals surface area contributed by atoms with Crippen molar-refractivity contribution in [2.45, 2.75) is 40.5 Å². The van der Waals surface area contributed by atoms with Crippen molar-refractivity contribution in [2.75, 3.05) is 13.2 Å². The molecule has 1 aromatic heterocycles. The normalized spacial score (nSPS) is 11.9. The Morgan fingerprint density at radius 3 is 2.46 bits per heavy atom. The second-order valence-electron chi connectivity index (χ2n) is 7.63. The number of alkyl halides is 3. The number of hydrogen-bond acceptors (Lipinski definition) is 7. The summed E-state index contributed by atoms with van der Waals surface area (Å²) in [5, 5.41) is 4.79. The summed E-state index contributed by atoms with van der Waals surface area (Å²) < 4.78 is 48.7. The zero-order chi connectivity index (χ0) is 25.6. The number of esters is 1. The van der Waals surface area contributed by atoms with Crippen molar-refractivity contribution < 1.29 is 32.3 Å². The van der Waals surface area contributed by atoms with Crippen molar-refractivity contribution in [1.82, 2.24) is 4.98 Å². The maximum atomic E-state index is 12.8. The molecule has 186 valence electrons. The molecular weight excluding hydrogens is 481 g/mol. The van der Waals surface area contributed by atoms with Crippen LogP contribution in [0.15, 0.2) is 47.6 Å². The van der Waals surface area contributed by atoms with Crippen LogP contribution in [0.4, 0.5) is 13.2 Å². The monoisotopic (exact) mass is 506 g/mol. The van der Waals surface area contributed by atoms with Gasteiger partial charge < -0.3 is 14.3 Å². The van der Waals surface area contributed by atoms with Gasteiger partial charge in [0.1, 0.15) is 10.8 Å². The van der Waals surface area contributed by atoms with Crippen LogP contribution in [-0.4, -0.2) is 29.9 Å². The average Bonchev–Trinajstić information content (AvgIpc) is 3.18. The molecule has 0 fully saturated rings. The molecule has 0 aliphatic carbocycles. The van der Waals surface area contributed by atoms with Crippen molar-refractivity contribution in [2.24, 2.45) is 5.16 Å². The van der Waals surface area contributed by atoms with Gasteiger partial charge in [-0.25, -0.2) is 9.78 Å². The lowest BCUT2D eigenvalue weighted by atomic mass is 10.1. The topological polar surface area (TPSA) is 70.0 Å². The maximum Gasteiger partial charge on any atom is 0.416 e. The highest BCUT2D eigenvalue weighted by atomic mass is 32.1. The lowest BCUT2D eigenvalue weighted by Crippen LogP contribution is -2.15. The predicted molar refractivity (Wildman–Crippen MR) is 128 cm³/mol. The van der Waals surface area contributed by atoms with Gasteiger partial charge >= 0.3 is 12.1 Å². The van der Waals surface area contributed by atoms with Crippen LogP contribution in [-0.2, 0) is 27.2 Å². The van der Waals surface area contributed by atoms with Crippen molar-refractivity contribution >= 4 is 23.0 Å². The highest BCUT2D eigenvalue weighted by molar-refractivity contribution is 7.15. The Hall–Kier alpha value is -3.40. The molecule has 0 saturated heterocycles. The van der Waals surface area contributed by atoms with Crippen molar-refractivity contribution in [3.05, 3.63) is 69.7 Å². The lowest BCUT2D eigenvalue weighted by molar-refractivity contribution is -0.145. The number of ether oxygens (including phenoxy) is 2. The van der Waals surface area contributed by atoms with E-state index in [9.17, 15) is 18.0 Å². The molecular formula is C25H25F3N2O4S. The third-order valence-corrected chi connectivity index (χ3v) is 6.17. The van der Waals surface area contributed by atoms with E-state index >= 15 is 0 Å². The number of carbonyl (C=O) groups is 1. The first-order valence-corrected chi connectivity index (χ1v) is 11.6. The third kappa shape index (κ3) is 7.05. The molecule has 0 unspecified atom stereocenters. The van der Waals surface area contributed by atoms with Crippen LogP contribution in [0, 0.1) is 13.8 Å². The van der Waals surface area contributed by atoms with E-state index in [4.69, 9.17) is 14.3 Å². The molecule has 3 aromatic rings. The molecule has 0 atom stereocenters. The van der Waals surface area contributed by atoms with Gasteiger partial charge in [0.2, 0.25) is 0 Å². The number of hydrogen-bond donors (Lipinski definition) is 0. The van der Waals surface area contributed by atoms with Crippen LogP contribution in [0.2, 0.25) is 0 Å². The van der Waals surface area contributed by atoms with Gasteiger partial charge in [0.05, 0.1) is 28.5 Å². The number of carbonyl (C=O) groups excluding carboxylic acids is 1. The number of rotatable bonds is 9. The Kier molecular flexibility index (Phi) is 8.50. The van der Waals surface area contributed by atoms with E-state index in [1.165, 1.54) is 23.5 Å². The quantitative estimate of drug-likeness (QED) is 0.193. The Bertz CT molecular complexity index is 1200. The van der Waals surface area contributed by atoms with Crippen molar-refractivity contribution in [3.63, 3.8) is 0 Å². The van der Waals surface area contributed by atoms with Crippen molar-refractivity contribution in [3.8, 4) is 16.3 Å². The van der Waals surface area contributed by atoms with E-state index in [0.29, 0.717) is 28.6 Å². The molecule has 2 aromatic carbocycles. The van der Waals surface area contributed by atoms with Crippen LogP contribution in [0.1, 0.15) is 41.1 Å². The van der Waals surface area contributed by atoms with Gasteiger partial charge in [-0.1, -0.05) is 17.3 Å². The summed E-state index contributed by atoms with van der Waals surface area (Å²) >= 11 is 1.35. The van der Waals surface area contributed by atoms with Gasteiger partial charge in [0, 0.05) is 5.56 Å². The molecule has 0 bridgehead atoms. The second-order valence-corrected chi connectivity index (χ2v) is 8.71. The summed E-state index contributed by atoms with van der Waals surface area (Å²) in [6.45, 7) is 7.54. The zero-order valence-corrected chi connectivity index (χ0v) is 20.5. The minimum atomic E-state index is -4.37. The molecule has 1 heterocycles. The Labute approximate surface area is 205 Å². The fourth-order valence-corrected chi connectivity index (χ4v) is 4.08. The van der Waals surface area contributed by atoms with Crippen LogP contribution < -0.4 is 4.74 Å². The molecule has 0 spiro atoms. The number of aromatic nitrogens is 1. The molecule has 0 aliphatic heterocycles. The SMILES string of the molecule is CCOC(=O)COc1ccc(C(C)=NOCc2sc(-c3ccc(C(F)(F)F)cc3)nc2C)cc1C. The van der Waals surface area contributed by atoms with Crippen LogP contribution in [0.3, 0.4) is 0 Å². The largest absolute Gasteiger partial charge is 0.482 e. The fourth-order valence-electron chi connectivity index (χ4n) is 3.10. The molecule has 0 N–H and O–H groups in total. The summed E-state index contributed by atoms with van der Waals surface area (Å²) in [4.78, 5) is 22.3. The first-order valence-electron chi connectivity index (χ1n) is 10.8. The van der Waals surface area contributed by atoms with Crippen LogP contribution in [0.25, 0.3) is 10.6 Å². The molecule has 3 rings (SSSR count). The number of aryl methyl sites for hydroxylation is 2. The van der Waals surface area contributed by atoms with E-state index in [1.54, 1.807) is 19.9 Å². The van der Waals surface area contributed by atoms with Crippen LogP contribution in [0.5, 0.6) is 5.75 Å². The van der Waals surface area contributed by atoms with E-state index in [-0.39, 0.29) is 13.2 Å². The van der Waals surface area contributed by atoms with Gasteiger partial charge in [-0.15, -0.1) is 11.3 Å². The first-order chi connectivity index (χ1) is 16.6. The maximum absolute atomic E-state index is 12.8. The lowest BCUT2D eigenvalue weighted by Gasteiger charge is -2.10. The predicted octanol–water partition coefficient (Wildman–Crippen LogP) is 6.33. The Balaban J connectivity index is 1.61. The van der Waals surface area contributed by atoms with E-state index in [0.717, 1.165) is 33.8 Å². The smallest absolute Gasteiger partial charge is 0.416 e. The highest BCUT2D eigenvalue weighted by Crippen LogP contribution is 2.33. The minimum Gasteiger partial charge on any atom is -0.482 e. The Morgan fingerprint density at radius 1 is 1.11 bits per heavy atom. The van der Waals surface area contributed by atoms with Crippen LogP contribution >= 0.6 is 11.3 Å². The molecule has 10 heteroatoms. The van der Waals surface area contributed by atoms with Gasteiger partial charge in [-0.2, -0.15) is 13.2 Å². The standard InChI is InChI=1S/C25H25F3N2O4S/c1-5-32-23(31)14-33-21-11-8-19(12-15(21)2)16(3)30-34-13-22-17(4)29-24(35-22)18-6-9-20(10-7-18)25(26,27)28/h6-12H,5,13-14H2,1-4H3. The third-order valence-electron chi connectivity index (χ3n) is 4.99. The summed E-state index contributed by atoms with van der Waals surface area (Å²) in [5.41, 5.74) is 2.96. The van der Waals surface area contributed by atoms with Gasteiger partial charge in [0.25, 0.3) is 0 Å². The molecule has 35 heavy (non-hydrogen) atoms. The van der Waals surface area contributed by atoms with Crippen molar-refractivity contribution in [1.29, 1.82) is 0 Å². The molecule has 0 amide bonds. The summed E-state index contributed by atoms with van der Waals surface area (Å²) in [6.07, 6.45) is -4.37. The molecule has 0 saturated carbocycles. The summed E-state index contributed by atoms with van der Waals surface area (Å²) in [7, 11) is 0. The number of thiazole rings is 1. The number of nitrogens with zero attached hydrogens (tertiary/aromatic N) is 2. The molecule has 0 aliphatic rings. The molecule has 6 nitrogen and oxygen atoms in total. The van der Waals surface area contributed by atoms with Gasteiger partial charge in [0.15, 0.2) is 13.2 Å². The van der Waals surface area contributed by atoms with E-state index < -0.39 is 17.7 Å². The minimum absolute atomic E-state index is 0.160. The van der Waals surface area contributed by atoms with Gasteiger partial charge in [-0.05, 0) is 69.2 Å². The number of oxime groups is 1. The fraction of sp³-hybridized carbons (Fsp3) is 0.320. The number of benzene rings is 2. The van der Waals surface area contributed by atoms with Gasteiger partial charge in [-0.3, -0.25) is 0 Å². The number of halogens is 3. The second kappa shape index (κ2) is 11.4. The average molecular weight is 507 g/mol. The first kappa shape index (κ1) is 26.2. The summed E-state index contributed by atoms with van der Waals surface area (Å²) in [5.74, 6) is 0.147. The summed E-state index contributed by atoms with van der Waals surface area (Å²) in [6, 6.07) is 10.4.